The van der Waals surface area contributed by atoms with E-state index in [0.717, 1.165) is 6.07 Å². The van der Waals surface area contributed by atoms with Crippen molar-refractivity contribution in [3.63, 3.8) is 0 Å². The SMILES string of the molecule is COc1cccc(S(=O)(=O)N2CC(Oc3cccc(C(F)(F)F)n3)C2)c1. The Bertz CT molecular complexity index is 896. The Morgan fingerprint density at radius 2 is 1.85 bits per heavy atom. The molecule has 140 valence electrons. The molecule has 0 saturated carbocycles. The fourth-order valence-electron chi connectivity index (χ4n) is 2.39. The first-order valence-electron chi connectivity index (χ1n) is 7.55. The van der Waals surface area contributed by atoms with Gasteiger partial charge in [0.1, 0.15) is 17.5 Å². The van der Waals surface area contributed by atoms with Gasteiger partial charge in [-0.25, -0.2) is 13.4 Å². The number of hydrogen-bond donors (Lipinski definition) is 0. The van der Waals surface area contributed by atoms with Crippen molar-refractivity contribution < 1.29 is 31.1 Å². The predicted molar refractivity (Wildman–Crippen MR) is 85.4 cm³/mol. The number of aromatic nitrogens is 1. The van der Waals surface area contributed by atoms with E-state index in [4.69, 9.17) is 9.47 Å². The average Bonchev–Trinajstić information content (AvgIpc) is 2.57. The van der Waals surface area contributed by atoms with Crippen molar-refractivity contribution in [2.75, 3.05) is 20.2 Å². The summed E-state index contributed by atoms with van der Waals surface area (Å²) in [5, 5.41) is 0. The maximum absolute atomic E-state index is 12.7. The molecule has 0 aliphatic carbocycles. The first-order valence-corrected chi connectivity index (χ1v) is 8.99. The number of methoxy groups -OCH3 is 1. The molecular formula is C16H15F3N2O4S. The van der Waals surface area contributed by atoms with Crippen LogP contribution in [0.25, 0.3) is 0 Å². The number of hydrogen-bond acceptors (Lipinski definition) is 5. The molecule has 26 heavy (non-hydrogen) atoms. The number of pyridine rings is 1. The van der Waals surface area contributed by atoms with Gasteiger partial charge in [-0.15, -0.1) is 0 Å². The summed E-state index contributed by atoms with van der Waals surface area (Å²) in [7, 11) is -2.29. The van der Waals surface area contributed by atoms with Gasteiger partial charge in [-0.3, -0.25) is 0 Å². The Balaban J connectivity index is 1.65. The van der Waals surface area contributed by atoms with Crippen molar-refractivity contribution in [1.29, 1.82) is 0 Å². The van der Waals surface area contributed by atoms with E-state index in [1.54, 1.807) is 12.1 Å². The lowest BCUT2D eigenvalue weighted by Crippen LogP contribution is -2.56. The number of halogens is 3. The van der Waals surface area contributed by atoms with E-state index in [2.05, 4.69) is 4.98 Å². The molecule has 0 bridgehead atoms. The highest BCUT2D eigenvalue weighted by Crippen LogP contribution is 2.30. The lowest BCUT2D eigenvalue weighted by molar-refractivity contribution is -0.141. The molecule has 0 radical (unpaired) electrons. The molecule has 10 heteroatoms. The van der Waals surface area contributed by atoms with E-state index in [1.807, 2.05) is 0 Å². The second-order valence-electron chi connectivity index (χ2n) is 5.60. The Kier molecular flexibility index (Phi) is 4.80. The molecule has 0 spiro atoms. The summed E-state index contributed by atoms with van der Waals surface area (Å²) < 4.78 is 74.5. The number of rotatable bonds is 5. The summed E-state index contributed by atoms with van der Waals surface area (Å²) in [6.07, 6.45) is -5.13. The van der Waals surface area contributed by atoms with Gasteiger partial charge in [0.2, 0.25) is 15.9 Å². The third-order valence-corrected chi connectivity index (χ3v) is 5.62. The zero-order chi connectivity index (χ0) is 18.9. The monoisotopic (exact) mass is 388 g/mol. The van der Waals surface area contributed by atoms with Crippen LogP contribution in [0.2, 0.25) is 0 Å². The van der Waals surface area contributed by atoms with Gasteiger partial charge in [0.15, 0.2) is 0 Å². The summed E-state index contributed by atoms with van der Waals surface area (Å²) in [6, 6.07) is 9.36. The smallest absolute Gasteiger partial charge is 0.433 e. The normalized spacial score (nSPS) is 16.2. The molecule has 1 fully saturated rings. The molecule has 1 aliphatic rings. The molecular weight excluding hydrogens is 373 g/mol. The van der Waals surface area contributed by atoms with Crippen molar-refractivity contribution in [2.24, 2.45) is 0 Å². The Morgan fingerprint density at radius 3 is 2.50 bits per heavy atom. The zero-order valence-electron chi connectivity index (χ0n) is 13.6. The minimum Gasteiger partial charge on any atom is -0.497 e. The Morgan fingerprint density at radius 1 is 1.15 bits per heavy atom. The molecule has 2 heterocycles. The molecule has 0 N–H and O–H groups in total. The maximum Gasteiger partial charge on any atom is 0.433 e. The van der Waals surface area contributed by atoms with E-state index in [0.29, 0.717) is 5.75 Å². The van der Waals surface area contributed by atoms with Gasteiger partial charge in [0.25, 0.3) is 0 Å². The fraction of sp³-hybridized carbons (Fsp3) is 0.312. The lowest BCUT2D eigenvalue weighted by atomic mass is 10.2. The van der Waals surface area contributed by atoms with Crippen LogP contribution in [0, 0.1) is 0 Å². The van der Waals surface area contributed by atoms with Crippen LogP contribution in [0.15, 0.2) is 47.4 Å². The first kappa shape index (κ1) is 18.5. The molecule has 0 atom stereocenters. The molecule has 0 unspecified atom stereocenters. The Hall–Kier alpha value is -2.33. The molecule has 1 aromatic carbocycles. The van der Waals surface area contributed by atoms with Crippen LogP contribution in [-0.4, -0.2) is 44.0 Å². The third-order valence-electron chi connectivity index (χ3n) is 3.79. The largest absolute Gasteiger partial charge is 0.497 e. The van der Waals surface area contributed by atoms with Gasteiger partial charge < -0.3 is 9.47 Å². The summed E-state index contributed by atoms with van der Waals surface area (Å²) >= 11 is 0. The van der Waals surface area contributed by atoms with Gasteiger partial charge in [-0.1, -0.05) is 12.1 Å². The standard InChI is InChI=1S/C16H15F3N2O4S/c1-24-11-4-2-5-13(8-11)26(22,23)21-9-12(10-21)25-15-7-3-6-14(20-15)16(17,18)19/h2-8,12H,9-10H2,1H3. The maximum atomic E-state index is 12.7. The second-order valence-corrected chi connectivity index (χ2v) is 7.54. The summed E-state index contributed by atoms with van der Waals surface area (Å²) in [5.74, 6) is 0.218. The molecule has 3 rings (SSSR count). The quantitative estimate of drug-likeness (QED) is 0.788. The van der Waals surface area contributed by atoms with E-state index in [1.165, 1.54) is 35.7 Å². The van der Waals surface area contributed by atoms with E-state index in [9.17, 15) is 21.6 Å². The van der Waals surface area contributed by atoms with E-state index >= 15 is 0 Å². The summed E-state index contributed by atoms with van der Waals surface area (Å²) in [5.41, 5.74) is -1.06. The van der Waals surface area contributed by atoms with E-state index in [-0.39, 0.29) is 23.9 Å². The minimum absolute atomic E-state index is 0.0253. The van der Waals surface area contributed by atoms with Crippen molar-refractivity contribution >= 4 is 10.0 Å². The molecule has 0 amide bonds. The van der Waals surface area contributed by atoms with Crippen LogP contribution in [-0.2, 0) is 16.2 Å². The molecule has 6 nitrogen and oxygen atoms in total. The molecule has 1 saturated heterocycles. The highest BCUT2D eigenvalue weighted by molar-refractivity contribution is 7.89. The number of nitrogens with zero attached hydrogens (tertiary/aromatic N) is 2. The number of ether oxygens (including phenoxy) is 2. The van der Waals surface area contributed by atoms with Crippen LogP contribution in [0.4, 0.5) is 13.2 Å². The van der Waals surface area contributed by atoms with Crippen molar-refractivity contribution in [3.8, 4) is 11.6 Å². The Labute approximate surface area is 148 Å². The van der Waals surface area contributed by atoms with Gasteiger partial charge >= 0.3 is 6.18 Å². The van der Waals surface area contributed by atoms with Gasteiger partial charge in [0.05, 0.1) is 25.1 Å². The van der Waals surface area contributed by atoms with Crippen LogP contribution >= 0.6 is 0 Å². The predicted octanol–water partition coefficient (Wildman–Crippen LogP) is 2.56. The average molecular weight is 388 g/mol. The molecule has 1 aromatic heterocycles. The van der Waals surface area contributed by atoms with Crippen LogP contribution in [0.3, 0.4) is 0 Å². The van der Waals surface area contributed by atoms with Crippen molar-refractivity contribution in [1.82, 2.24) is 9.29 Å². The van der Waals surface area contributed by atoms with Crippen molar-refractivity contribution in [2.45, 2.75) is 17.2 Å². The topological polar surface area (TPSA) is 68.7 Å². The van der Waals surface area contributed by atoms with Crippen LogP contribution in [0.5, 0.6) is 11.6 Å². The van der Waals surface area contributed by atoms with Gasteiger partial charge in [0, 0.05) is 12.1 Å². The van der Waals surface area contributed by atoms with Gasteiger partial charge in [-0.2, -0.15) is 17.5 Å². The number of benzene rings is 1. The third kappa shape index (κ3) is 3.75. The molecule has 2 aromatic rings. The van der Waals surface area contributed by atoms with Gasteiger partial charge in [-0.05, 0) is 18.2 Å². The summed E-state index contributed by atoms with van der Waals surface area (Å²) in [6.45, 7) is 0.0505. The van der Waals surface area contributed by atoms with Crippen molar-refractivity contribution in [3.05, 3.63) is 48.2 Å². The van der Waals surface area contributed by atoms with Crippen LogP contribution in [0.1, 0.15) is 5.69 Å². The first-order chi connectivity index (χ1) is 12.2. The highest BCUT2D eigenvalue weighted by Gasteiger charge is 2.39. The number of alkyl halides is 3. The van der Waals surface area contributed by atoms with E-state index < -0.39 is 28.0 Å². The molecule has 1 aliphatic heterocycles. The lowest BCUT2D eigenvalue weighted by Gasteiger charge is -2.37. The number of sulfonamides is 1. The highest BCUT2D eigenvalue weighted by atomic mass is 32.2. The summed E-state index contributed by atoms with van der Waals surface area (Å²) in [4.78, 5) is 3.48. The zero-order valence-corrected chi connectivity index (χ0v) is 14.4. The van der Waals surface area contributed by atoms with Crippen LogP contribution < -0.4 is 9.47 Å². The second kappa shape index (κ2) is 6.76. The minimum atomic E-state index is -4.57. The fourth-order valence-corrected chi connectivity index (χ4v) is 3.93.